The molecule has 1 fully saturated rings. The monoisotopic (exact) mass is 519 g/mol. The summed E-state index contributed by atoms with van der Waals surface area (Å²) in [5, 5.41) is 4.74. The first-order valence-corrected chi connectivity index (χ1v) is 14.6. The van der Waals surface area contributed by atoms with Crippen LogP contribution in [0.25, 0.3) is 11.3 Å². The van der Waals surface area contributed by atoms with Crippen molar-refractivity contribution in [2.75, 3.05) is 38.2 Å². The van der Waals surface area contributed by atoms with Crippen molar-refractivity contribution in [1.29, 1.82) is 0 Å². The molecule has 10 heteroatoms. The van der Waals surface area contributed by atoms with Crippen LogP contribution in [-0.4, -0.2) is 57.0 Å². The van der Waals surface area contributed by atoms with Crippen molar-refractivity contribution in [3.63, 3.8) is 0 Å². The molecule has 2 aromatic heterocycles. The van der Waals surface area contributed by atoms with Crippen molar-refractivity contribution in [3.8, 4) is 11.3 Å². The number of rotatable bonds is 8. The van der Waals surface area contributed by atoms with E-state index in [4.69, 9.17) is 9.72 Å². The minimum absolute atomic E-state index is 0.0347. The summed E-state index contributed by atoms with van der Waals surface area (Å²) in [6.45, 7) is 7.05. The van der Waals surface area contributed by atoms with Gasteiger partial charge in [0, 0.05) is 48.7 Å². The van der Waals surface area contributed by atoms with E-state index in [1.165, 1.54) is 23.2 Å². The smallest absolute Gasteiger partial charge is 0.349 e. The van der Waals surface area contributed by atoms with Crippen LogP contribution in [0.1, 0.15) is 47.3 Å². The fourth-order valence-electron chi connectivity index (χ4n) is 4.26. The average Bonchev–Trinajstić information content (AvgIpc) is 3.56. The zero-order valence-electron chi connectivity index (χ0n) is 19.6. The van der Waals surface area contributed by atoms with Gasteiger partial charge in [-0.1, -0.05) is 12.1 Å². The quantitative estimate of drug-likeness (QED) is 0.387. The molecule has 1 saturated heterocycles. The van der Waals surface area contributed by atoms with Gasteiger partial charge in [-0.2, -0.15) is 4.31 Å². The van der Waals surface area contributed by atoms with Crippen molar-refractivity contribution in [1.82, 2.24) is 9.29 Å². The van der Waals surface area contributed by atoms with E-state index in [9.17, 15) is 13.2 Å². The lowest BCUT2D eigenvalue weighted by molar-refractivity contribution is 0.0602. The van der Waals surface area contributed by atoms with Crippen LogP contribution in [0, 0.1) is 0 Å². The van der Waals surface area contributed by atoms with Crippen LogP contribution in [0.3, 0.4) is 0 Å². The number of nitrogens with zero attached hydrogens (tertiary/aromatic N) is 3. The summed E-state index contributed by atoms with van der Waals surface area (Å²) >= 11 is 2.72. The number of hydrogen-bond acceptors (Lipinski definition) is 8. The van der Waals surface area contributed by atoms with Gasteiger partial charge in [-0.15, -0.1) is 22.7 Å². The highest BCUT2D eigenvalue weighted by Gasteiger charge is 2.34. The van der Waals surface area contributed by atoms with Crippen molar-refractivity contribution in [2.45, 2.75) is 37.5 Å². The van der Waals surface area contributed by atoms with Gasteiger partial charge in [0.05, 0.1) is 17.8 Å². The third-order valence-corrected chi connectivity index (χ3v) is 10.2. The Morgan fingerprint density at radius 2 is 1.79 bits per heavy atom. The van der Waals surface area contributed by atoms with E-state index in [0.29, 0.717) is 25.9 Å². The van der Waals surface area contributed by atoms with Gasteiger partial charge in [0.2, 0.25) is 10.0 Å². The van der Waals surface area contributed by atoms with Crippen molar-refractivity contribution >= 4 is 44.4 Å². The Morgan fingerprint density at radius 3 is 2.41 bits per heavy atom. The molecule has 0 N–H and O–H groups in total. The number of thiophene rings is 1. The third-order valence-electron chi connectivity index (χ3n) is 6.23. The van der Waals surface area contributed by atoms with Gasteiger partial charge in [-0.25, -0.2) is 18.2 Å². The second-order valence-corrected chi connectivity index (χ2v) is 11.8. The van der Waals surface area contributed by atoms with Crippen molar-refractivity contribution < 1.29 is 17.9 Å². The van der Waals surface area contributed by atoms with E-state index in [2.05, 4.69) is 48.4 Å². The van der Waals surface area contributed by atoms with E-state index in [1.54, 1.807) is 16.7 Å². The van der Waals surface area contributed by atoms with Crippen molar-refractivity contribution in [3.05, 3.63) is 51.0 Å². The average molecular weight is 520 g/mol. The second kappa shape index (κ2) is 10.6. The van der Waals surface area contributed by atoms with Gasteiger partial charge in [-0.05, 0) is 50.3 Å². The zero-order chi connectivity index (χ0) is 24.3. The summed E-state index contributed by atoms with van der Waals surface area (Å²) < 4.78 is 32.5. The predicted octanol–water partition coefficient (Wildman–Crippen LogP) is 5.07. The maximum Gasteiger partial charge on any atom is 0.349 e. The highest BCUT2D eigenvalue weighted by Crippen LogP contribution is 2.35. The summed E-state index contributed by atoms with van der Waals surface area (Å²) in [5.74, 6) is -0.397. The number of benzene rings is 1. The van der Waals surface area contributed by atoms with E-state index in [0.717, 1.165) is 40.7 Å². The summed E-state index contributed by atoms with van der Waals surface area (Å²) in [7, 11) is -2.49. The first kappa shape index (κ1) is 24.8. The maximum absolute atomic E-state index is 13.1. The SMILES string of the molecule is CCN(CC)c1ccc(-c2csc(C3CCN(S(=O)(=O)c4ccsc4C(=O)OC)CC3)n2)cc1. The Bertz CT molecular complexity index is 1220. The number of carbonyl (C=O) groups is 1. The minimum atomic E-state index is -3.74. The van der Waals surface area contributed by atoms with E-state index in [-0.39, 0.29) is 15.7 Å². The van der Waals surface area contributed by atoms with Gasteiger partial charge >= 0.3 is 5.97 Å². The predicted molar refractivity (Wildman–Crippen MR) is 138 cm³/mol. The molecule has 0 spiro atoms. The molecular weight excluding hydrogens is 490 g/mol. The number of esters is 1. The zero-order valence-corrected chi connectivity index (χ0v) is 22.0. The Kier molecular flexibility index (Phi) is 7.71. The molecule has 0 radical (unpaired) electrons. The molecule has 1 aliphatic rings. The largest absolute Gasteiger partial charge is 0.465 e. The molecule has 0 amide bonds. The summed E-state index contributed by atoms with van der Waals surface area (Å²) in [4.78, 5) is 19.3. The minimum Gasteiger partial charge on any atom is -0.465 e. The van der Waals surface area contributed by atoms with Crippen LogP contribution in [-0.2, 0) is 14.8 Å². The number of anilines is 1. The summed E-state index contributed by atoms with van der Waals surface area (Å²) in [6, 6.07) is 9.98. The third kappa shape index (κ3) is 4.91. The summed E-state index contributed by atoms with van der Waals surface area (Å²) in [5.41, 5.74) is 3.26. The summed E-state index contributed by atoms with van der Waals surface area (Å²) in [6.07, 6.45) is 1.40. The van der Waals surface area contributed by atoms with Gasteiger partial charge in [0.1, 0.15) is 9.77 Å². The molecule has 1 aliphatic heterocycles. The number of sulfonamides is 1. The molecule has 182 valence electrons. The van der Waals surface area contributed by atoms with Gasteiger partial charge in [0.15, 0.2) is 0 Å². The topological polar surface area (TPSA) is 79.8 Å². The van der Waals surface area contributed by atoms with Crippen LogP contribution in [0.15, 0.2) is 46.0 Å². The Morgan fingerprint density at radius 1 is 1.12 bits per heavy atom. The molecule has 1 aromatic carbocycles. The fraction of sp³-hybridized carbons (Fsp3) is 0.417. The number of thiazole rings is 1. The number of methoxy groups -OCH3 is 1. The first-order chi connectivity index (χ1) is 16.4. The highest BCUT2D eigenvalue weighted by molar-refractivity contribution is 7.89. The van der Waals surface area contributed by atoms with Crippen molar-refractivity contribution in [2.24, 2.45) is 0 Å². The van der Waals surface area contributed by atoms with Crippen LogP contribution < -0.4 is 4.90 Å². The molecule has 0 bridgehead atoms. The molecule has 0 saturated carbocycles. The standard InChI is InChI=1S/C24H29N3O4S3/c1-4-26(5-2)19-8-6-17(7-9-19)20-16-33-23(25-20)18-10-13-27(14-11-18)34(29,30)21-12-15-32-22(21)24(28)31-3/h6-9,12,15-16,18H,4-5,10-11,13-14H2,1-3H3. The molecular formula is C24H29N3O4S3. The maximum atomic E-state index is 13.1. The molecule has 3 aromatic rings. The molecule has 7 nitrogen and oxygen atoms in total. The fourth-order valence-corrected chi connectivity index (χ4v) is 8.04. The van der Waals surface area contributed by atoms with E-state index < -0.39 is 16.0 Å². The molecule has 0 atom stereocenters. The lowest BCUT2D eigenvalue weighted by Crippen LogP contribution is -2.38. The normalized spacial score (nSPS) is 15.4. The number of hydrogen-bond donors (Lipinski definition) is 0. The lowest BCUT2D eigenvalue weighted by Gasteiger charge is -2.30. The van der Waals surface area contributed by atoms with Gasteiger partial charge < -0.3 is 9.64 Å². The number of piperidine rings is 1. The highest BCUT2D eigenvalue weighted by atomic mass is 32.2. The number of carbonyl (C=O) groups excluding carboxylic acids is 1. The molecule has 34 heavy (non-hydrogen) atoms. The Hall–Kier alpha value is -2.27. The molecule has 0 aliphatic carbocycles. The first-order valence-electron chi connectivity index (χ1n) is 11.4. The van der Waals surface area contributed by atoms with Crippen LogP contribution in [0.4, 0.5) is 5.69 Å². The van der Waals surface area contributed by atoms with Crippen LogP contribution in [0.2, 0.25) is 0 Å². The van der Waals surface area contributed by atoms with Gasteiger partial charge in [0.25, 0.3) is 0 Å². The molecule has 4 rings (SSSR count). The van der Waals surface area contributed by atoms with Crippen LogP contribution in [0.5, 0.6) is 0 Å². The number of ether oxygens (including phenoxy) is 1. The van der Waals surface area contributed by atoms with Crippen LogP contribution >= 0.6 is 22.7 Å². The lowest BCUT2D eigenvalue weighted by atomic mass is 9.99. The Labute approximate surface area is 209 Å². The second-order valence-electron chi connectivity index (χ2n) is 8.07. The molecule has 3 heterocycles. The Balaban J connectivity index is 1.43. The van der Waals surface area contributed by atoms with E-state index in [1.807, 2.05) is 0 Å². The molecule has 0 unspecified atom stereocenters. The number of aromatic nitrogens is 1. The van der Waals surface area contributed by atoms with Gasteiger partial charge in [-0.3, -0.25) is 0 Å². The van der Waals surface area contributed by atoms with E-state index >= 15 is 0 Å².